The largest absolute Gasteiger partial charge is 0.416 e. The van der Waals surface area contributed by atoms with Crippen LogP contribution >= 0.6 is 22.6 Å². The molecule has 0 radical (unpaired) electrons. The smallest absolute Gasteiger partial charge is 0.390 e. The maximum absolute atomic E-state index is 13.1. The fraction of sp³-hybridized carbons (Fsp3) is 0.696. The molecule has 180 valence electrons. The number of amides is 1. The number of halogens is 4. The van der Waals surface area contributed by atoms with Crippen molar-refractivity contribution in [3.8, 4) is 0 Å². The standard InChI is InChI=1S/C23H32F3IN2O3/c1-22(2,31)12-15-9-19(29-18-3-5-32-6-4-18)11-20(15)21(30)28-13-14-7-16(23(24,25)26)10-17(27)8-14/h7-8,10,15,18-20,29,31H,3-6,9,11-13H2,1-2H3,(H,28,30)/t15?,19?,20-/m1/s1. The van der Waals surface area contributed by atoms with Gasteiger partial charge in [-0.2, -0.15) is 13.2 Å². The van der Waals surface area contributed by atoms with Crippen LogP contribution in [0, 0.1) is 15.4 Å². The van der Waals surface area contributed by atoms with Crippen LogP contribution in [0.2, 0.25) is 0 Å². The number of rotatable bonds is 7. The zero-order valence-electron chi connectivity index (χ0n) is 18.5. The van der Waals surface area contributed by atoms with Crippen LogP contribution in [0.4, 0.5) is 13.2 Å². The van der Waals surface area contributed by atoms with Gasteiger partial charge in [-0.05, 0) is 98.2 Å². The van der Waals surface area contributed by atoms with Gasteiger partial charge >= 0.3 is 6.18 Å². The minimum Gasteiger partial charge on any atom is -0.390 e. The zero-order chi connectivity index (χ0) is 23.5. The molecule has 1 aliphatic heterocycles. The Hall–Kier alpha value is -0.910. The van der Waals surface area contributed by atoms with Crippen molar-refractivity contribution in [1.82, 2.24) is 10.6 Å². The molecular formula is C23H32F3IN2O3. The molecule has 32 heavy (non-hydrogen) atoms. The van der Waals surface area contributed by atoms with E-state index in [9.17, 15) is 23.1 Å². The second-order valence-electron chi connectivity index (χ2n) is 9.67. The van der Waals surface area contributed by atoms with E-state index in [4.69, 9.17) is 4.74 Å². The van der Waals surface area contributed by atoms with Gasteiger partial charge in [0.1, 0.15) is 0 Å². The normalized spacial score (nSPS) is 25.2. The average molecular weight is 568 g/mol. The molecule has 2 unspecified atom stereocenters. The molecule has 1 aromatic carbocycles. The highest BCUT2D eigenvalue weighted by Crippen LogP contribution is 2.38. The van der Waals surface area contributed by atoms with Gasteiger partial charge < -0.3 is 20.5 Å². The van der Waals surface area contributed by atoms with Crippen molar-refractivity contribution < 1.29 is 27.8 Å². The second kappa shape index (κ2) is 10.6. The molecule has 9 heteroatoms. The Morgan fingerprint density at radius 1 is 1.16 bits per heavy atom. The summed E-state index contributed by atoms with van der Waals surface area (Å²) in [7, 11) is 0. The highest BCUT2D eigenvalue weighted by Gasteiger charge is 2.41. The van der Waals surface area contributed by atoms with Crippen LogP contribution in [-0.4, -0.2) is 41.9 Å². The van der Waals surface area contributed by atoms with E-state index in [-0.39, 0.29) is 30.3 Å². The Bertz CT molecular complexity index is 792. The maximum Gasteiger partial charge on any atom is 0.416 e. The summed E-state index contributed by atoms with van der Waals surface area (Å²) < 4.78 is 45.2. The molecule has 0 bridgehead atoms. The maximum atomic E-state index is 13.1. The molecule has 2 fully saturated rings. The number of carbonyl (C=O) groups is 1. The third-order valence-corrected chi connectivity index (χ3v) is 6.86. The van der Waals surface area contributed by atoms with Crippen molar-refractivity contribution in [3.63, 3.8) is 0 Å². The van der Waals surface area contributed by atoms with Crippen LogP contribution in [0.15, 0.2) is 18.2 Å². The van der Waals surface area contributed by atoms with Crippen LogP contribution < -0.4 is 10.6 Å². The SMILES string of the molecule is CC(C)(O)CC1CC(NC2CCOCC2)C[C@H]1C(=O)NCc1cc(I)cc(C(F)(F)F)c1. The van der Waals surface area contributed by atoms with Gasteiger partial charge in [-0.1, -0.05) is 0 Å². The van der Waals surface area contributed by atoms with Crippen LogP contribution in [0.5, 0.6) is 0 Å². The van der Waals surface area contributed by atoms with E-state index in [0.29, 0.717) is 28.0 Å². The van der Waals surface area contributed by atoms with Gasteiger partial charge in [-0.3, -0.25) is 4.79 Å². The molecule has 0 aromatic heterocycles. The van der Waals surface area contributed by atoms with Crippen molar-refractivity contribution in [1.29, 1.82) is 0 Å². The van der Waals surface area contributed by atoms with E-state index in [2.05, 4.69) is 10.6 Å². The number of aliphatic hydroxyl groups is 1. The average Bonchev–Trinajstić information content (AvgIpc) is 3.06. The highest BCUT2D eigenvalue weighted by molar-refractivity contribution is 14.1. The number of benzene rings is 1. The Balaban J connectivity index is 1.65. The van der Waals surface area contributed by atoms with Crippen molar-refractivity contribution >= 4 is 28.5 Å². The van der Waals surface area contributed by atoms with Crippen molar-refractivity contribution in [2.45, 2.75) is 76.4 Å². The predicted octanol–water partition coefficient (Wildman–Crippen LogP) is 4.25. The molecule has 5 nitrogen and oxygen atoms in total. The van der Waals surface area contributed by atoms with Gasteiger partial charge in [0, 0.05) is 41.3 Å². The van der Waals surface area contributed by atoms with Gasteiger partial charge in [-0.15, -0.1) is 0 Å². The molecule has 1 heterocycles. The molecule has 3 N–H and O–H groups in total. The Kier molecular flexibility index (Phi) is 8.49. The van der Waals surface area contributed by atoms with E-state index >= 15 is 0 Å². The Morgan fingerprint density at radius 2 is 1.84 bits per heavy atom. The predicted molar refractivity (Wildman–Crippen MR) is 124 cm³/mol. The molecule has 0 spiro atoms. The van der Waals surface area contributed by atoms with E-state index in [1.54, 1.807) is 19.9 Å². The lowest BCUT2D eigenvalue weighted by Crippen LogP contribution is -2.41. The van der Waals surface area contributed by atoms with Gasteiger partial charge in [0.15, 0.2) is 0 Å². The van der Waals surface area contributed by atoms with Gasteiger partial charge in [0.05, 0.1) is 11.2 Å². The molecule has 2 aliphatic rings. The first-order valence-corrected chi connectivity index (χ1v) is 12.2. The fourth-order valence-corrected chi connectivity index (χ4v) is 5.62. The molecule has 3 atom stereocenters. The van der Waals surface area contributed by atoms with Crippen LogP contribution in [0.25, 0.3) is 0 Å². The number of hydrogen-bond acceptors (Lipinski definition) is 4. The second-order valence-corrected chi connectivity index (χ2v) is 10.9. The van der Waals surface area contributed by atoms with Crippen molar-refractivity contribution in [3.05, 3.63) is 32.9 Å². The number of ether oxygens (including phenoxy) is 1. The molecule has 1 saturated carbocycles. The monoisotopic (exact) mass is 568 g/mol. The summed E-state index contributed by atoms with van der Waals surface area (Å²) in [5.74, 6) is -0.444. The summed E-state index contributed by atoms with van der Waals surface area (Å²) in [5.41, 5.74) is -1.19. The van der Waals surface area contributed by atoms with E-state index < -0.39 is 17.3 Å². The minimum absolute atomic E-state index is 0.00832. The lowest BCUT2D eigenvalue weighted by atomic mass is 9.85. The molecular weight excluding hydrogens is 536 g/mol. The van der Waals surface area contributed by atoms with Crippen LogP contribution in [0.1, 0.15) is 57.1 Å². The molecule has 1 amide bonds. The third kappa shape index (κ3) is 7.56. The summed E-state index contributed by atoms with van der Waals surface area (Å²) >= 11 is 1.86. The quantitative estimate of drug-likeness (QED) is 0.431. The van der Waals surface area contributed by atoms with Gasteiger partial charge in [0.2, 0.25) is 5.91 Å². The third-order valence-electron chi connectivity index (χ3n) is 6.24. The summed E-state index contributed by atoms with van der Waals surface area (Å²) in [6, 6.07) is 4.37. The number of carbonyl (C=O) groups excluding carboxylic acids is 1. The van der Waals surface area contributed by atoms with Crippen LogP contribution in [-0.2, 0) is 22.3 Å². The molecule has 3 rings (SSSR count). The first-order chi connectivity index (χ1) is 14.9. The first-order valence-electron chi connectivity index (χ1n) is 11.1. The van der Waals surface area contributed by atoms with E-state index in [0.717, 1.165) is 44.6 Å². The van der Waals surface area contributed by atoms with Gasteiger partial charge in [-0.25, -0.2) is 0 Å². The summed E-state index contributed by atoms with van der Waals surface area (Å²) in [6.45, 7) is 4.99. The zero-order valence-corrected chi connectivity index (χ0v) is 20.6. The van der Waals surface area contributed by atoms with Crippen molar-refractivity contribution in [2.24, 2.45) is 11.8 Å². The number of nitrogens with one attached hydrogen (secondary N) is 2. The molecule has 1 aliphatic carbocycles. The first kappa shape index (κ1) is 25.7. The number of hydrogen-bond donors (Lipinski definition) is 3. The summed E-state index contributed by atoms with van der Waals surface area (Å²) in [5, 5.41) is 16.9. The minimum atomic E-state index is -4.42. The van der Waals surface area contributed by atoms with E-state index in [1.807, 2.05) is 22.6 Å². The number of alkyl halides is 3. The van der Waals surface area contributed by atoms with Crippen molar-refractivity contribution in [2.75, 3.05) is 13.2 Å². The van der Waals surface area contributed by atoms with Gasteiger partial charge in [0.25, 0.3) is 0 Å². The lowest BCUT2D eigenvalue weighted by molar-refractivity contribution is -0.137. The lowest BCUT2D eigenvalue weighted by Gasteiger charge is -2.27. The fourth-order valence-electron chi connectivity index (χ4n) is 4.88. The van der Waals surface area contributed by atoms with Crippen LogP contribution in [0.3, 0.4) is 0 Å². The summed E-state index contributed by atoms with van der Waals surface area (Å²) in [4.78, 5) is 13.1. The Labute approximate surface area is 201 Å². The molecule has 1 saturated heterocycles. The summed E-state index contributed by atoms with van der Waals surface area (Å²) in [6.07, 6.45) is -0.592. The highest BCUT2D eigenvalue weighted by atomic mass is 127. The topological polar surface area (TPSA) is 70.6 Å². The Morgan fingerprint density at radius 3 is 2.47 bits per heavy atom. The molecule has 1 aromatic rings. The van der Waals surface area contributed by atoms with E-state index in [1.165, 1.54) is 0 Å².